The normalized spacial score (nSPS) is 25.4. The van der Waals surface area contributed by atoms with Crippen molar-refractivity contribution in [3.63, 3.8) is 0 Å². The van der Waals surface area contributed by atoms with Crippen molar-refractivity contribution in [2.24, 2.45) is 5.41 Å². The van der Waals surface area contributed by atoms with Gasteiger partial charge in [-0.3, -0.25) is 20.2 Å². The number of hydrogen-bond donors (Lipinski definition) is 2. The minimum absolute atomic E-state index is 0.276. The van der Waals surface area contributed by atoms with E-state index in [0.29, 0.717) is 19.4 Å². The topological polar surface area (TPSA) is 93.7 Å². The van der Waals surface area contributed by atoms with Crippen LogP contribution in [0.3, 0.4) is 0 Å². The van der Waals surface area contributed by atoms with Crippen LogP contribution >= 0.6 is 0 Å². The maximum atomic E-state index is 12.5. The van der Waals surface area contributed by atoms with Gasteiger partial charge in [0.15, 0.2) is 11.7 Å². The van der Waals surface area contributed by atoms with Crippen LogP contribution in [-0.4, -0.2) is 36.8 Å². The number of carbonyl (C=O) groups excluding carboxylic acids is 3. The van der Waals surface area contributed by atoms with E-state index in [1.165, 1.54) is 0 Å². The number of carbonyl (C=O) groups is 3. The molecule has 2 rings (SSSR count). The molecule has 2 heterocycles. The highest BCUT2D eigenvalue weighted by atomic mass is 16.7. The lowest BCUT2D eigenvalue weighted by Gasteiger charge is -2.40. The fourth-order valence-corrected chi connectivity index (χ4v) is 3.05. The van der Waals surface area contributed by atoms with Gasteiger partial charge >= 0.3 is 6.03 Å². The standard InChI is InChI=1S/C16H24N2O5/c1-3-4-6-9-16(13(19)17-15(21)18-14(16)20)11(2)23-12-8-5-7-10-22-12/h3,11-12H,1,4-10H2,2H3,(H2,17,18,19,20,21). The summed E-state index contributed by atoms with van der Waals surface area (Å²) in [7, 11) is 0. The summed E-state index contributed by atoms with van der Waals surface area (Å²) in [5.41, 5.74) is -1.43. The van der Waals surface area contributed by atoms with Crippen LogP contribution in [0.4, 0.5) is 4.79 Å². The quantitative estimate of drug-likeness (QED) is 0.422. The molecule has 0 aromatic carbocycles. The number of amides is 4. The second kappa shape index (κ2) is 7.70. The van der Waals surface area contributed by atoms with Crippen molar-refractivity contribution in [2.45, 2.75) is 57.8 Å². The van der Waals surface area contributed by atoms with Gasteiger partial charge in [0.25, 0.3) is 0 Å². The Kier molecular flexibility index (Phi) is 5.90. The maximum absolute atomic E-state index is 12.5. The SMILES string of the molecule is C=CCCCC1(C(C)OC2CCCCO2)C(=O)NC(=O)NC1=O. The molecule has 2 fully saturated rings. The van der Waals surface area contributed by atoms with E-state index in [9.17, 15) is 14.4 Å². The molecule has 7 heteroatoms. The lowest BCUT2D eigenvalue weighted by atomic mass is 9.75. The molecule has 0 radical (unpaired) electrons. The summed E-state index contributed by atoms with van der Waals surface area (Å²) in [5, 5.41) is 4.38. The molecule has 2 atom stereocenters. The van der Waals surface area contributed by atoms with Crippen LogP contribution < -0.4 is 10.6 Å². The predicted molar refractivity (Wildman–Crippen MR) is 82.3 cm³/mol. The van der Waals surface area contributed by atoms with E-state index in [1.807, 2.05) is 0 Å². The van der Waals surface area contributed by atoms with Gasteiger partial charge in [-0.2, -0.15) is 0 Å². The number of unbranched alkanes of at least 4 members (excludes halogenated alkanes) is 1. The van der Waals surface area contributed by atoms with Gasteiger partial charge in [-0.1, -0.05) is 6.08 Å². The Morgan fingerprint density at radius 2 is 2.04 bits per heavy atom. The minimum Gasteiger partial charge on any atom is -0.353 e. The van der Waals surface area contributed by atoms with E-state index in [4.69, 9.17) is 9.47 Å². The molecule has 2 unspecified atom stereocenters. The van der Waals surface area contributed by atoms with Crippen molar-refractivity contribution in [2.75, 3.05) is 6.61 Å². The summed E-state index contributed by atoms with van der Waals surface area (Å²) in [6.45, 7) is 5.94. The van der Waals surface area contributed by atoms with Gasteiger partial charge in [-0.25, -0.2) is 4.79 Å². The second-order valence-corrected chi connectivity index (χ2v) is 5.96. The van der Waals surface area contributed by atoms with Gasteiger partial charge < -0.3 is 9.47 Å². The first-order chi connectivity index (χ1) is 11.0. The van der Waals surface area contributed by atoms with E-state index in [0.717, 1.165) is 19.3 Å². The Morgan fingerprint density at radius 3 is 2.61 bits per heavy atom. The van der Waals surface area contributed by atoms with E-state index in [-0.39, 0.29) is 6.42 Å². The van der Waals surface area contributed by atoms with Crippen molar-refractivity contribution in [3.8, 4) is 0 Å². The highest BCUT2D eigenvalue weighted by Gasteiger charge is 2.54. The van der Waals surface area contributed by atoms with E-state index < -0.39 is 35.7 Å². The molecule has 23 heavy (non-hydrogen) atoms. The van der Waals surface area contributed by atoms with Crippen LogP contribution in [0.1, 0.15) is 45.4 Å². The fraction of sp³-hybridized carbons (Fsp3) is 0.688. The van der Waals surface area contributed by atoms with Gasteiger partial charge in [0.2, 0.25) is 11.8 Å². The first kappa shape index (κ1) is 17.6. The molecule has 0 aliphatic carbocycles. The molecule has 2 aliphatic heterocycles. The largest absolute Gasteiger partial charge is 0.353 e. The molecule has 0 aromatic rings. The molecule has 128 valence electrons. The summed E-state index contributed by atoms with van der Waals surface area (Å²) < 4.78 is 11.4. The second-order valence-electron chi connectivity index (χ2n) is 5.96. The first-order valence-electron chi connectivity index (χ1n) is 8.05. The monoisotopic (exact) mass is 324 g/mol. The van der Waals surface area contributed by atoms with Gasteiger partial charge in [0, 0.05) is 6.61 Å². The maximum Gasteiger partial charge on any atom is 0.328 e. The van der Waals surface area contributed by atoms with Crippen LogP contribution in [0.25, 0.3) is 0 Å². The van der Waals surface area contributed by atoms with Crippen LogP contribution in [0.15, 0.2) is 12.7 Å². The van der Waals surface area contributed by atoms with E-state index in [1.54, 1.807) is 13.0 Å². The number of nitrogens with one attached hydrogen (secondary N) is 2. The Hall–Kier alpha value is -1.73. The lowest BCUT2D eigenvalue weighted by molar-refractivity contribution is -0.210. The average molecular weight is 324 g/mol. The zero-order valence-electron chi connectivity index (χ0n) is 13.4. The number of hydrogen-bond acceptors (Lipinski definition) is 5. The molecule has 0 saturated carbocycles. The lowest BCUT2D eigenvalue weighted by Crippen LogP contribution is -2.66. The van der Waals surface area contributed by atoms with Crippen LogP contribution in [0.5, 0.6) is 0 Å². The van der Waals surface area contributed by atoms with Crippen molar-refractivity contribution >= 4 is 17.8 Å². The summed E-state index contributed by atoms with van der Waals surface area (Å²) in [5.74, 6) is -1.22. The number of allylic oxidation sites excluding steroid dienone is 1. The van der Waals surface area contributed by atoms with Gasteiger partial charge in [-0.05, 0) is 45.4 Å². The molecular formula is C16H24N2O5. The first-order valence-corrected chi connectivity index (χ1v) is 8.05. The minimum atomic E-state index is -1.43. The van der Waals surface area contributed by atoms with Crippen molar-refractivity contribution < 1.29 is 23.9 Å². The molecular weight excluding hydrogens is 300 g/mol. The number of ether oxygens (including phenoxy) is 2. The highest BCUT2D eigenvalue weighted by Crippen LogP contribution is 2.35. The highest BCUT2D eigenvalue weighted by molar-refractivity contribution is 6.19. The number of barbiturate groups is 1. The number of rotatable bonds is 7. The molecule has 0 spiro atoms. The fourth-order valence-electron chi connectivity index (χ4n) is 3.05. The average Bonchev–Trinajstić information content (AvgIpc) is 2.51. The Labute approximate surface area is 135 Å². The van der Waals surface area contributed by atoms with Crippen LogP contribution in [-0.2, 0) is 19.1 Å². The van der Waals surface area contributed by atoms with E-state index in [2.05, 4.69) is 17.2 Å². The van der Waals surface area contributed by atoms with E-state index >= 15 is 0 Å². The third kappa shape index (κ3) is 3.79. The molecule has 2 N–H and O–H groups in total. The van der Waals surface area contributed by atoms with Crippen LogP contribution in [0.2, 0.25) is 0 Å². The zero-order chi connectivity index (χ0) is 16.9. The predicted octanol–water partition coefficient (Wildman–Crippen LogP) is 1.63. The summed E-state index contributed by atoms with van der Waals surface area (Å²) in [6.07, 6.45) is 4.84. The summed E-state index contributed by atoms with van der Waals surface area (Å²) in [6, 6.07) is -0.791. The zero-order valence-corrected chi connectivity index (χ0v) is 13.4. The van der Waals surface area contributed by atoms with Crippen molar-refractivity contribution in [1.82, 2.24) is 10.6 Å². The third-order valence-electron chi connectivity index (χ3n) is 4.43. The Morgan fingerprint density at radius 1 is 1.35 bits per heavy atom. The number of imide groups is 2. The molecule has 2 aliphatic rings. The molecule has 0 aromatic heterocycles. The van der Waals surface area contributed by atoms with Crippen molar-refractivity contribution in [1.29, 1.82) is 0 Å². The van der Waals surface area contributed by atoms with Gasteiger partial charge in [0.05, 0.1) is 6.10 Å². The van der Waals surface area contributed by atoms with Gasteiger partial charge in [0.1, 0.15) is 0 Å². The van der Waals surface area contributed by atoms with Crippen LogP contribution in [0, 0.1) is 5.41 Å². The summed E-state index contributed by atoms with van der Waals surface area (Å²) in [4.78, 5) is 36.3. The molecule has 4 amide bonds. The Balaban J connectivity index is 2.17. The molecule has 0 bridgehead atoms. The molecule has 7 nitrogen and oxygen atoms in total. The van der Waals surface area contributed by atoms with Gasteiger partial charge in [-0.15, -0.1) is 6.58 Å². The van der Waals surface area contributed by atoms with Crippen molar-refractivity contribution in [3.05, 3.63) is 12.7 Å². The Bertz CT molecular complexity index is 465. The summed E-state index contributed by atoms with van der Waals surface area (Å²) >= 11 is 0. The third-order valence-corrected chi connectivity index (χ3v) is 4.43. The smallest absolute Gasteiger partial charge is 0.328 e. The number of urea groups is 1. The molecule has 2 saturated heterocycles.